The molecular formula is C26H29N5O2. The summed E-state index contributed by atoms with van der Waals surface area (Å²) in [6, 6.07) is 9.46. The number of nitrogens with zero attached hydrogens (tertiary/aromatic N) is 3. The van der Waals surface area contributed by atoms with Gasteiger partial charge in [0.2, 0.25) is 0 Å². The van der Waals surface area contributed by atoms with E-state index in [9.17, 15) is 9.59 Å². The van der Waals surface area contributed by atoms with Gasteiger partial charge >= 0.3 is 0 Å². The number of nitrogens with one attached hydrogen (secondary N) is 2. The van der Waals surface area contributed by atoms with E-state index in [2.05, 4.69) is 20.6 Å². The maximum atomic E-state index is 13.3. The molecule has 3 heterocycles. The highest BCUT2D eigenvalue weighted by Crippen LogP contribution is 2.57. The smallest absolute Gasteiger partial charge is 0.271 e. The summed E-state index contributed by atoms with van der Waals surface area (Å²) in [7, 11) is 0. The van der Waals surface area contributed by atoms with Crippen LogP contribution in [0.15, 0.2) is 42.7 Å². The number of pyridine rings is 2. The fraction of sp³-hybridized carbons (Fsp3) is 0.462. The molecule has 0 aliphatic heterocycles. The quantitative estimate of drug-likeness (QED) is 0.645. The summed E-state index contributed by atoms with van der Waals surface area (Å²) in [4.78, 5) is 35.3. The zero-order valence-electron chi connectivity index (χ0n) is 19.1. The topological polar surface area (TPSA) is 88.4 Å². The molecular weight excluding hydrogens is 414 g/mol. The fourth-order valence-electron chi connectivity index (χ4n) is 7.05. The highest BCUT2D eigenvalue weighted by Gasteiger charge is 2.59. The van der Waals surface area contributed by atoms with E-state index in [1.165, 1.54) is 6.42 Å². The maximum absolute atomic E-state index is 13.3. The predicted octanol–water partition coefficient (Wildman–Crippen LogP) is 3.60. The van der Waals surface area contributed by atoms with Crippen molar-refractivity contribution in [2.24, 2.45) is 11.8 Å². The number of hydrogen-bond acceptors (Lipinski definition) is 4. The predicted molar refractivity (Wildman–Crippen MR) is 124 cm³/mol. The summed E-state index contributed by atoms with van der Waals surface area (Å²) in [6.07, 6.45) is 9.64. The highest BCUT2D eigenvalue weighted by molar-refractivity contribution is 5.94. The average Bonchev–Trinajstić information content (AvgIpc) is 3.15. The highest BCUT2D eigenvalue weighted by atomic mass is 16.2. The van der Waals surface area contributed by atoms with Crippen molar-refractivity contribution < 1.29 is 9.59 Å². The summed E-state index contributed by atoms with van der Waals surface area (Å²) in [6.45, 7) is 3.92. The van der Waals surface area contributed by atoms with E-state index >= 15 is 0 Å². The van der Waals surface area contributed by atoms with E-state index in [1.807, 2.05) is 48.7 Å². The second-order valence-corrected chi connectivity index (χ2v) is 10.7. The molecule has 3 aromatic heterocycles. The number of carbonyl (C=O) groups excluding carboxylic acids is 2. The number of rotatable bonds is 4. The zero-order valence-corrected chi connectivity index (χ0v) is 19.1. The van der Waals surface area contributed by atoms with Gasteiger partial charge in [-0.05, 0) is 88.0 Å². The van der Waals surface area contributed by atoms with Crippen LogP contribution in [0, 0.1) is 25.7 Å². The molecule has 4 aliphatic carbocycles. The van der Waals surface area contributed by atoms with Crippen LogP contribution in [0.2, 0.25) is 0 Å². The van der Waals surface area contributed by atoms with Crippen LogP contribution in [-0.4, -0.2) is 37.3 Å². The fourth-order valence-corrected chi connectivity index (χ4v) is 7.05. The van der Waals surface area contributed by atoms with Crippen LogP contribution in [0.3, 0.4) is 0 Å². The monoisotopic (exact) mass is 443 g/mol. The molecule has 170 valence electrons. The summed E-state index contributed by atoms with van der Waals surface area (Å²) >= 11 is 0. The SMILES string of the molecule is Cc1ccc2nc(C(=O)NC34CC5CC(CC(NC(=O)c6cccc(C)n6)(C5)C3)C4)cn2c1. The van der Waals surface area contributed by atoms with Gasteiger partial charge < -0.3 is 15.0 Å². The minimum atomic E-state index is -0.291. The Labute approximate surface area is 193 Å². The van der Waals surface area contributed by atoms with E-state index < -0.39 is 0 Å². The molecule has 3 aromatic rings. The Morgan fingerprint density at radius 3 is 2.21 bits per heavy atom. The molecule has 7 heteroatoms. The van der Waals surface area contributed by atoms with Crippen LogP contribution in [0.1, 0.15) is 70.8 Å². The molecule has 4 saturated carbocycles. The van der Waals surface area contributed by atoms with Gasteiger partial charge in [0.15, 0.2) is 0 Å². The molecule has 0 saturated heterocycles. The van der Waals surface area contributed by atoms with Gasteiger partial charge in [0, 0.05) is 29.2 Å². The maximum Gasteiger partial charge on any atom is 0.271 e. The van der Waals surface area contributed by atoms with E-state index in [0.29, 0.717) is 23.2 Å². The van der Waals surface area contributed by atoms with Crippen LogP contribution in [-0.2, 0) is 0 Å². The molecule has 7 rings (SSSR count). The summed E-state index contributed by atoms with van der Waals surface area (Å²) in [5.74, 6) is 0.792. The van der Waals surface area contributed by atoms with Crippen LogP contribution in [0.25, 0.3) is 5.65 Å². The zero-order chi connectivity index (χ0) is 22.8. The Bertz CT molecular complexity index is 1260. The summed E-state index contributed by atoms with van der Waals surface area (Å²) in [5, 5.41) is 6.74. The van der Waals surface area contributed by atoms with E-state index in [1.54, 1.807) is 12.3 Å². The number of aromatic nitrogens is 3. The number of hydrogen-bond donors (Lipinski definition) is 2. The number of imidazole rings is 1. The molecule has 33 heavy (non-hydrogen) atoms. The number of fused-ring (bicyclic) bond motifs is 1. The largest absolute Gasteiger partial charge is 0.345 e. The molecule has 0 aromatic carbocycles. The lowest BCUT2D eigenvalue weighted by molar-refractivity contribution is -0.0449. The molecule has 2 unspecified atom stereocenters. The lowest BCUT2D eigenvalue weighted by Gasteiger charge is -2.62. The van der Waals surface area contributed by atoms with Crippen LogP contribution in [0.5, 0.6) is 0 Å². The van der Waals surface area contributed by atoms with Gasteiger partial charge in [-0.25, -0.2) is 9.97 Å². The molecule has 7 nitrogen and oxygen atoms in total. The van der Waals surface area contributed by atoms with Crippen LogP contribution in [0.4, 0.5) is 0 Å². The molecule has 0 radical (unpaired) electrons. The molecule has 4 bridgehead atoms. The van der Waals surface area contributed by atoms with Gasteiger partial charge in [-0.3, -0.25) is 9.59 Å². The van der Waals surface area contributed by atoms with Crippen molar-refractivity contribution in [2.45, 2.75) is 63.5 Å². The third-order valence-electron chi connectivity index (χ3n) is 7.77. The van der Waals surface area contributed by atoms with Gasteiger partial charge in [-0.2, -0.15) is 0 Å². The Morgan fingerprint density at radius 1 is 0.879 bits per heavy atom. The third kappa shape index (κ3) is 3.59. The molecule has 2 amide bonds. The van der Waals surface area contributed by atoms with Gasteiger partial charge in [0.1, 0.15) is 17.0 Å². The molecule has 0 spiro atoms. The van der Waals surface area contributed by atoms with E-state index in [0.717, 1.165) is 49.0 Å². The third-order valence-corrected chi connectivity index (χ3v) is 7.77. The second-order valence-electron chi connectivity index (χ2n) is 10.7. The average molecular weight is 444 g/mol. The lowest BCUT2D eigenvalue weighted by Crippen LogP contribution is -2.69. The van der Waals surface area contributed by atoms with Crippen molar-refractivity contribution in [1.82, 2.24) is 25.0 Å². The minimum absolute atomic E-state index is 0.113. The Morgan fingerprint density at radius 2 is 1.55 bits per heavy atom. The van der Waals surface area contributed by atoms with E-state index in [-0.39, 0.29) is 22.9 Å². The standard InChI is InChI=1S/C26H29N5O2/c1-16-6-7-22-28-21(14-31(22)13-16)24(33)30-26-11-18-8-19(12-26)10-25(9-18,15-26)29-23(32)20-5-3-4-17(2)27-20/h3-7,13-14,18-19H,8-12,15H2,1-2H3,(H,29,32)(H,30,33). The first-order valence-corrected chi connectivity index (χ1v) is 11.8. The lowest BCUT2D eigenvalue weighted by atomic mass is 9.49. The molecule has 2 N–H and O–H groups in total. The Balaban J connectivity index is 1.25. The minimum Gasteiger partial charge on any atom is -0.345 e. The normalized spacial score (nSPS) is 29.9. The van der Waals surface area contributed by atoms with Crippen molar-refractivity contribution in [3.05, 3.63) is 65.4 Å². The summed E-state index contributed by atoms with van der Waals surface area (Å²) in [5.41, 5.74) is 3.05. The van der Waals surface area contributed by atoms with Gasteiger partial charge in [0.05, 0.1) is 0 Å². The number of aryl methyl sites for hydroxylation is 2. The van der Waals surface area contributed by atoms with Crippen LogP contribution < -0.4 is 10.6 Å². The first kappa shape index (κ1) is 20.4. The van der Waals surface area contributed by atoms with Gasteiger partial charge in [0.25, 0.3) is 11.8 Å². The summed E-state index contributed by atoms with van der Waals surface area (Å²) < 4.78 is 1.90. The van der Waals surface area contributed by atoms with Crippen molar-refractivity contribution >= 4 is 17.5 Å². The van der Waals surface area contributed by atoms with Gasteiger partial charge in [-0.1, -0.05) is 12.1 Å². The molecule has 4 fully saturated rings. The molecule has 4 aliphatic rings. The van der Waals surface area contributed by atoms with Gasteiger partial charge in [-0.15, -0.1) is 0 Å². The van der Waals surface area contributed by atoms with Crippen LogP contribution >= 0.6 is 0 Å². The first-order chi connectivity index (χ1) is 15.8. The molecule has 2 atom stereocenters. The van der Waals surface area contributed by atoms with Crippen molar-refractivity contribution in [3.63, 3.8) is 0 Å². The van der Waals surface area contributed by atoms with Crippen molar-refractivity contribution in [2.75, 3.05) is 0 Å². The van der Waals surface area contributed by atoms with E-state index in [4.69, 9.17) is 0 Å². The number of amides is 2. The first-order valence-electron chi connectivity index (χ1n) is 11.8. The second kappa shape index (κ2) is 7.14. The Hall–Kier alpha value is -3.22. The number of carbonyl (C=O) groups is 2. The van der Waals surface area contributed by atoms with Crippen molar-refractivity contribution in [1.29, 1.82) is 0 Å². The van der Waals surface area contributed by atoms with Crippen molar-refractivity contribution in [3.8, 4) is 0 Å². The Kier molecular flexibility index (Phi) is 4.41.